The first-order valence-corrected chi connectivity index (χ1v) is 5.64. The van der Waals surface area contributed by atoms with Gasteiger partial charge in [-0.25, -0.2) is 0 Å². The second-order valence-corrected chi connectivity index (χ2v) is 4.42. The van der Waals surface area contributed by atoms with Crippen LogP contribution in [0.5, 0.6) is 0 Å². The van der Waals surface area contributed by atoms with Crippen LogP contribution >= 0.6 is 0 Å². The van der Waals surface area contributed by atoms with E-state index in [4.69, 9.17) is 5.11 Å². The molecule has 0 unspecified atom stereocenters. The second kappa shape index (κ2) is 4.57. The Morgan fingerprint density at radius 1 is 1.41 bits per heavy atom. The molecule has 1 aliphatic carbocycles. The normalized spacial score (nSPS) is 21.9. The number of carbonyl (C=O) groups is 2. The molecule has 1 amide bonds. The highest BCUT2D eigenvalue weighted by Gasteiger charge is 2.44. The number of rotatable bonds is 4. The monoisotopic (exact) mass is 233 g/mol. The Morgan fingerprint density at radius 2 is 2.12 bits per heavy atom. The molecule has 2 atom stereocenters. The van der Waals surface area contributed by atoms with Crippen LogP contribution in [0.2, 0.25) is 0 Å². The molecule has 4 heteroatoms. The van der Waals surface area contributed by atoms with Gasteiger partial charge in [0.05, 0.1) is 0 Å². The van der Waals surface area contributed by atoms with E-state index in [1.54, 1.807) is 0 Å². The van der Waals surface area contributed by atoms with Crippen LogP contribution in [0, 0.1) is 12.8 Å². The fourth-order valence-corrected chi connectivity index (χ4v) is 2.13. The summed E-state index contributed by atoms with van der Waals surface area (Å²) in [5, 5.41) is 10.9. The fraction of sp³-hybridized carbons (Fsp3) is 0.385. The molecule has 1 fully saturated rings. The SMILES string of the molecule is Cc1ccccc1[C@H]1C[C@@H]1C(=O)NCC(=O)O. The highest BCUT2D eigenvalue weighted by molar-refractivity contribution is 5.86. The van der Waals surface area contributed by atoms with Gasteiger partial charge in [0.15, 0.2) is 0 Å². The Bertz CT molecular complexity index is 456. The van der Waals surface area contributed by atoms with Crippen LogP contribution in [0.15, 0.2) is 24.3 Å². The molecular formula is C13H15NO3. The van der Waals surface area contributed by atoms with Crippen molar-refractivity contribution in [3.05, 3.63) is 35.4 Å². The molecule has 0 radical (unpaired) electrons. The molecule has 1 aromatic rings. The number of aliphatic carboxylic acids is 1. The first kappa shape index (κ1) is 11.6. The standard InChI is InChI=1S/C13H15NO3/c1-8-4-2-3-5-9(8)10-6-11(10)13(17)14-7-12(15)16/h2-5,10-11H,6-7H2,1H3,(H,14,17)(H,15,16)/t10-,11+/m1/s1. The smallest absolute Gasteiger partial charge is 0.322 e. The zero-order valence-corrected chi connectivity index (χ0v) is 9.64. The molecule has 0 aromatic heterocycles. The molecule has 17 heavy (non-hydrogen) atoms. The molecule has 0 heterocycles. The molecule has 0 bridgehead atoms. The van der Waals surface area contributed by atoms with Crippen molar-refractivity contribution in [2.75, 3.05) is 6.54 Å². The summed E-state index contributed by atoms with van der Waals surface area (Å²) in [6.45, 7) is 1.73. The van der Waals surface area contributed by atoms with Gasteiger partial charge >= 0.3 is 5.97 Å². The number of aryl methyl sites for hydroxylation is 1. The molecule has 1 aliphatic rings. The van der Waals surface area contributed by atoms with Gasteiger partial charge in [-0.05, 0) is 30.4 Å². The lowest BCUT2D eigenvalue weighted by atomic mass is 10.0. The van der Waals surface area contributed by atoms with Crippen molar-refractivity contribution in [1.82, 2.24) is 5.32 Å². The van der Waals surface area contributed by atoms with Crippen LogP contribution in [0.1, 0.15) is 23.5 Å². The number of carboxylic acid groups (broad SMARTS) is 1. The van der Waals surface area contributed by atoms with Crippen molar-refractivity contribution in [3.8, 4) is 0 Å². The van der Waals surface area contributed by atoms with Crippen LogP contribution in [0.4, 0.5) is 0 Å². The summed E-state index contributed by atoms with van der Waals surface area (Å²) < 4.78 is 0. The molecule has 1 aromatic carbocycles. The average molecular weight is 233 g/mol. The summed E-state index contributed by atoms with van der Waals surface area (Å²) in [4.78, 5) is 22.0. The molecule has 2 N–H and O–H groups in total. The van der Waals surface area contributed by atoms with Gasteiger partial charge in [0, 0.05) is 5.92 Å². The maximum Gasteiger partial charge on any atom is 0.322 e. The highest BCUT2D eigenvalue weighted by Crippen LogP contribution is 2.48. The van der Waals surface area contributed by atoms with E-state index < -0.39 is 5.97 Å². The third-order valence-electron chi connectivity index (χ3n) is 3.13. The Morgan fingerprint density at radius 3 is 2.76 bits per heavy atom. The van der Waals surface area contributed by atoms with Gasteiger partial charge in [-0.3, -0.25) is 9.59 Å². The lowest BCUT2D eigenvalue weighted by Gasteiger charge is -2.04. The van der Waals surface area contributed by atoms with Crippen LogP contribution in [0.3, 0.4) is 0 Å². The minimum atomic E-state index is -1.01. The zero-order chi connectivity index (χ0) is 12.4. The summed E-state index contributed by atoms with van der Waals surface area (Å²) in [7, 11) is 0. The first-order chi connectivity index (χ1) is 8.09. The van der Waals surface area contributed by atoms with Crippen molar-refractivity contribution in [1.29, 1.82) is 0 Å². The van der Waals surface area contributed by atoms with E-state index in [1.807, 2.05) is 31.2 Å². The summed E-state index contributed by atoms with van der Waals surface area (Å²) >= 11 is 0. The fourth-order valence-electron chi connectivity index (χ4n) is 2.13. The van der Waals surface area contributed by atoms with Crippen LogP contribution in [-0.2, 0) is 9.59 Å². The number of benzene rings is 1. The highest BCUT2D eigenvalue weighted by atomic mass is 16.4. The molecule has 0 spiro atoms. The number of carbonyl (C=O) groups excluding carboxylic acids is 1. The average Bonchev–Trinajstić information content (AvgIpc) is 3.06. The van der Waals surface area contributed by atoms with E-state index in [-0.39, 0.29) is 24.3 Å². The van der Waals surface area contributed by atoms with E-state index in [0.29, 0.717) is 0 Å². The van der Waals surface area contributed by atoms with Gasteiger partial charge in [0.25, 0.3) is 0 Å². The van der Waals surface area contributed by atoms with Gasteiger partial charge in [-0.15, -0.1) is 0 Å². The summed E-state index contributed by atoms with van der Waals surface area (Å²) in [5.74, 6) is -0.965. The lowest BCUT2D eigenvalue weighted by molar-refractivity contribution is -0.138. The third-order valence-corrected chi connectivity index (χ3v) is 3.13. The van der Waals surface area contributed by atoms with Gasteiger partial charge < -0.3 is 10.4 Å². The molecule has 1 saturated carbocycles. The molecule has 2 rings (SSSR count). The summed E-state index contributed by atoms with van der Waals surface area (Å²) in [6, 6.07) is 8.00. The maximum absolute atomic E-state index is 11.6. The van der Waals surface area contributed by atoms with Crippen molar-refractivity contribution in [2.45, 2.75) is 19.3 Å². The second-order valence-electron chi connectivity index (χ2n) is 4.42. The van der Waals surface area contributed by atoms with Gasteiger partial charge in [0.1, 0.15) is 6.54 Å². The number of carboxylic acids is 1. The lowest BCUT2D eigenvalue weighted by Crippen LogP contribution is -2.30. The van der Waals surface area contributed by atoms with Crippen molar-refractivity contribution < 1.29 is 14.7 Å². The Balaban J connectivity index is 1.94. The molecular weight excluding hydrogens is 218 g/mol. The number of amides is 1. The van der Waals surface area contributed by atoms with Crippen LogP contribution in [0.25, 0.3) is 0 Å². The maximum atomic E-state index is 11.6. The largest absolute Gasteiger partial charge is 0.480 e. The number of nitrogens with one attached hydrogen (secondary N) is 1. The molecule has 0 saturated heterocycles. The van der Waals surface area contributed by atoms with E-state index in [9.17, 15) is 9.59 Å². The van der Waals surface area contributed by atoms with Crippen LogP contribution in [-0.4, -0.2) is 23.5 Å². The summed E-state index contributed by atoms with van der Waals surface area (Å²) in [6.07, 6.45) is 0.816. The predicted molar refractivity (Wildman–Crippen MR) is 62.7 cm³/mol. The van der Waals surface area contributed by atoms with Gasteiger partial charge in [0.2, 0.25) is 5.91 Å². The van der Waals surface area contributed by atoms with Crippen molar-refractivity contribution in [2.24, 2.45) is 5.92 Å². The Labute approximate surface area is 99.6 Å². The molecule has 0 aliphatic heterocycles. The number of hydrogen-bond acceptors (Lipinski definition) is 2. The van der Waals surface area contributed by atoms with Crippen LogP contribution < -0.4 is 5.32 Å². The van der Waals surface area contributed by atoms with E-state index in [2.05, 4.69) is 5.32 Å². The number of hydrogen-bond donors (Lipinski definition) is 2. The molecule has 90 valence electrons. The molecule has 4 nitrogen and oxygen atoms in total. The van der Waals surface area contributed by atoms with E-state index in [1.165, 1.54) is 11.1 Å². The minimum absolute atomic E-state index is 0.0598. The topological polar surface area (TPSA) is 66.4 Å². The Hall–Kier alpha value is -1.84. The quantitative estimate of drug-likeness (QED) is 0.823. The third kappa shape index (κ3) is 2.64. The van der Waals surface area contributed by atoms with Crippen molar-refractivity contribution in [3.63, 3.8) is 0 Å². The van der Waals surface area contributed by atoms with Gasteiger partial charge in [-0.2, -0.15) is 0 Å². The van der Waals surface area contributed by atoms with E-state index in [0.717, 1.165) is 6.42 Å². The van der Waals surface area contributed by atoms with Crippen molar-refractivity contribution >= 4 is 11.9 Å². The summed E-state index contributed by atoms with van der Waals surface area (Å²) in [5.41, 5.74) is 2.38. The predicted octanol–water partition coefficient (Wildman–Crippen LogP) is 1.30. The minimum Gasteiger partial charge on any atom is -0.480 e. The van der Waals surface area contributed by atoms with E-state index >= 15 is 0 Å². The van der Waals surface area contributed by atoms with Gasteiger partial charge in [-0.1, -0.05) is 24.3 Å². The Kier molecular flexibility index (Phi) is 3.13. The first-order valence-electron chi connectivity index (χ1n) is 5.64. The zero-order valence-electron chi connectivity index (χ0n) is 9.64.